The lowest BCUT2D eigenvalue weighted by atomic mass is 9.78. The molecule has 3 rings (SSSR count). The molecule has 3 heteroatoms. The number of carbonyl (C=O) groups is 1. The van der Waals surface area contributed by atoms with E-state index < -0.39 is 0 Å². The molecule has 11 heavy (non-hydrogen) atoms. The van der Waals surface area contributed by atoms with Gasteiger partial charge in [0.2, 0.25) is 5.91 Å². The van der Waals surface area contributed by atoms with Crippen molar-refractivity contribution in [1.82, 2.24) is 4.90 Å². The Morgan fingerprint density at radius 1 is 1.36 bits per heavy atom. The van der Waals surface area contributed by atoms with Crippen LogP contribution in [0.15, 0.2) is 0 Å². The summed E-state index contributed by atoms with van der Waals surface area (Å²) in [5.74, 6) is 0.165. The zero-order chi connectivity index (χ0) is 8.01. The lowest BCUT2D eigenvalue weighted by Crippen LogP contribution is -2.63. The Morgan fingerprint density at radius 3 is 2.36 bits per heavy atom. The first-order valence-corrected chi connectivity index (χ1v) is 4.15. The lowest BCUT2D eigenvalue weighted by molar-refractivity contribution is -0.152. The fraction of sp³-hybridized carbons (Fsp3) is 0.875. The van der Waals surface area contributed by atoms with E-state index in [1.54, 1.807) is 6.92 Å². The lowest BCUT2D eigenvalue weighted by Gasteiger charge is -2.54. The molecular weight excluding hydrogens is 142 g/mol. The van der Waals surface area contributed by atoms with E-state index in [0.29, 0.717) is 12.1 Å². The van der Waals surface area contributed by atoms with Gasteiger partial charge < -0.3 is 10.0 Å². The third-order valence-corrected chi connectivity index (χ3v) is 2.78. The highest BCUT2D eigenvalue weighted by molar-refractivity contribution is 5.75. The Balaban J connectivity index is 2.04. The van der Waals surface area contributed by atoms with Gasteiger partial charge in [0.15, 0.2) is 0 Å². The van der Waals surface area contributed by atoms with Crippen LogP contribution in [0.3, 0.4) is 0 Å². The van der Waals surface area contributed by atoms with Crippen molar-refractivity contribution in [2.75, 3.05) is 0 Å². The van der Waals surface area contributed by atoms with Gasteiger partial charge in [0, 0.05) is 19.0 Å². The van der Waals surface area contributed by atoms with Gasteiger partial charge in [-0.25, -0.2) is 0 Å². The highest BCUT2D eigenvalue weighted by atomic mass is 16.3. The van der Waals surface area contributed by atoms with Crippen molar-refractivity contribution in [3.63, 3.8) is 0 Å². The van der Waals surface area contributed by atoms with Gasteiger partial charge in [-0.15, -0.1) is 0 Å². The maximum atomic E-state index is 11.0. The van der Waals surface area contributed by atoms with Crippen LogP contribution < -0.4 is 0 Å². The van der Waals surface area contributed by atoms with E-state index in [1.165, 1.54) is 0 Å². The Morgan fingerprint density at radius 2 is 1.91 bits per heavy atom. The second-order valence-corrected chi connectivity index (χ2v) is 3.59. The van der Waals surface area contributed by atoms with Crippen LogP contribution in [-0.4, -0.2) is 34.1 Å². The topological polar surface area (TPSA) is 40.5 Å². The number of hydrogen-bond acceptors (Lipinski definition) is 2. The molecule has 3 atom stereocenters. The molecule has 1 saturated carbocycles. The maximum absolute atomic E-state index is 11.0. The largest absolute Gasteiger partial charge is 0.393 e. The smallest absolute Gasteiger partial charge is 0.219 e. The molecule has 0 spiro atoms. The van der Waals surface area contributed by atoms with Gasteiger partial charge in [-0.3, -0.25) is 4.79 Å². The van der Waals surface area contributed by atoms with Crippen molar-refractivity contribution < 1.29 is 9.90 Å². The highest BCUT2D eigenvalue weighted by Gasteiger charge is 2.45. The number of amides is 1. The van der Waals surface area contributed by atoms with Crippen LogP contribution in [0.5, 0.6) is 0 Å². The van der Waals surface area contributed by atoms with Gasteiger partial charge >= 0.3 is 0 Å². The van der Waals surface area contributed by atoms with E-state index in [2.05, 4.69) is 0 Å². The first-order valence-electron chi connectivity index (χ1n) is 4.15. The van der Waals surface area contributed by atoms with Gasteiger partial charge in [0.25, 0.3) is 0 Å². The Bertz CT molecular complexity index is 181. The van der Waals surface area contributed by atoms with Crippen molar-refractivity contribution in [1.29, 1.82) is 0 Å². The molecule has 2 aliphatic heterocycles. The number of carbonyl (C=O) groups excluding carboxylic acids is 1. The number of piperidine rings is 1. The minimum atomic E-state index is -0.158. The second kappa shape index (κ2) is 2.21. The zero-order valence-corrected chi connectivity index (χ0v) is 6.66. The van der Waals surface area contributed by atoms with Crippen LogP contribution in [0.1, 0.15) is 26.2 Å². The summed E-state index contributed by atoms with van der Waals surface area (Å²) in [7, 11) is 0. The summed E-state index contributed by atoms with van der Waals surface area (Å²) in [5, 5.41) is 9.27. The van der Waals surface area contributed by atoms with Crippen LogP contribution in [0, 0.1) is 0 Å². The monoisotopic (exact) mass is 155 g/mol. The minimum Gasteiger partial charge on any atom is -0.393 e. The number of aliphatic hydroxyl groups is 1. The summed E-state index contributed by atoms with van der Waals surface area (Å²) in [6, 6.07) is 0.697. The van der Waals surface area contributed by atoms with Crippen LogP contribution in [0.4, 0.5) is 0 Å². The molecule has 62 valence electrons. The van der Waals surface area contributed by atoms with Crippen molar-refractivity contribution in [3.8, 4) is 0 Å². The molecule has 2 heterocycles. The van der Waals surface area contributed by atoms with Gasteiger partial charge in [0.1, 0.15) is 0 Å². The summed E-state index contributed by atoms with van der Waals surface area (Å²) < 4.78 is 0. The van der Waals surface area contributed by atoms with Crippen molar-refractivity contribution in [3.05, 3.63) is 0 Å². The molecule has 1 N–H and O–H groups in total. The molecule has 2 bridgehead atoms. The number of hydrogen-bond donors (Lipinski definition) is 1. The van der Waals surface area contributed by atoms with Crippen molar-refractivity contribution >= 4 is 5.91 Å². The first kappa shape index (κ1) is 7.10. The number of nitrogens with zero attached hydrogens (tertiary/aromatic N) is 1. The van der Waals surface area contributed by atoms with Gasteiger partial charge in [0.05, 0.1) is 6.10 Å². The number of rotatable bonds is 0. The molecule has 1 amide bonds. The van der Waals surface area contributed by atoms with Gasteiger partial charge in [-0.05, 0) is 19.3 Å². The molecule has 3 fully saturated rings. The van der Waals surface area contributed by atoms with E-state index in [4.69, 9.17) is 0 Å². The molecule has 1 unspecified atom stereocenters. The summed E-state index contributed by atoms with van der Waals surface area (Å²) in [5.41, 5.74) is 0. The molecule has 0 radical (unpaired) electrons. The standard InChI is InChI=1S/C8H13NO2/c1-5(10)9-6-2-7(9)4-8(11)3-6/h6-8,11H,2-4H2,1H3/t6-,7+,8?. The van der Waals surface area contributed by atoms with E-state index in [1.807, 2.05) is 4.90 Å². The predicted molar refractivity (Wildman–Crippen MR) is 40.0 cm³/mol. The van der Waals surface area contributed by atoms with E-state index in [-0.39, 0.29) is 12.0 Å². The number of fused-ring (bicyclic) bond motifs is 2. The average molecular weight is 155 g/mol. The van der Waals surface area contributed by atoms with Gasteiger partial charge in [-0.1, -0.05) is 0 Å². The normalized spacial score (nSPS) is 41.6. The van der Waals surface area contributed by atoms with E-state index in [0.717, 1.165) is 19.3 Å². The van der Waals surface area contributed by atoms with E-state index in [9.17, 15) is 9.90 Å². The highest BCUT2D eigenvalue weighted by Crippen LogP contribution is 2.37. The maximum Gasteiger partial charge on any atom is 0.219 e. The Kier molecular flexibility index (Phi) is 1.42. The predicted octanol–water partition coefficient (Wildman–Crippen LogP) is 0.131. The zero-order valence-electron chi connectivity index (χ0n) is 6.66. The fourth-order valence-corrected chi connectivity index (χ4v) is 2.36. The third kappa shape index (κ3) is 0.948. The Hall–Kier alpha value is -0.570. The van der Waals surface area contributed by atoms with Crippen molar-refractivity contribution in [2.24, 2.45) is 0 Å². The summed E-state index contributed by atoms with van der Waals surface area (Å²) in [6.45, 7) is 1.61. The summed E-state index contributed by atoms with van der Waals surface area (Å²) in [6.07, 6.45) is 2.53. The summed E-state index contributed by atoms with van der Waals surface area (Å²) in [4.78, 5) is 12.9. The fourth-order valence-electron chi connectivity index (χ4n) is 2.36. The Labute approximate surface area is 66.0 Å². The SMILES string of the molecule is CC(=O)N1[C@@H]2CC(O)C[C@H]1C2. The molecule has 0 aromatic rings. The minimum absolute atomic E-state index is 0.158. The quantitative estimate of drug-likeness (QED) is 0.540. The average Bonchev–Trinajstić information content (AvgIpc) is 1.84. The van der Waals surface area contributed by atoms with Crippen LogP contribution in [0.2, 0.25) is 0 Å². The molecule has 1 aliphatic carbocycles. The molecule has 0 aromatic carbocycles. The van der Waals surface area contributed by atoms with Crippen LogP contribution in [-0.2, 0) is 4.79 Å². The van der Waals surface area contributed by atoms with E-state index >= 15 is 0 Å². The molecule has 2 saturated heterocycles. The summed E-state index contributed by atoms with van der Waals surface area (Å²) >= 11 is 0. The molecular formula is C8H13NO2. The molecule has 3 aliphatic rings. The van der Waals surface area contributed by atoms with Gasteiger partial charge in [-0.2, -0.15) is 0 Å². The number of aliphatic hydroxyl groups excluding tert-OH is 1. The molecule has 3 nitrogen and oxygen atoms in total. The van der Waals surface area contributed by atoms with Crippen molar-refractivity contribution in [2.45, 2.75) is 44.4 Å². The van der Waals surface area contributed by atoms with Crippen LogP contribution in [0.25, 0.3) is 0 Å². The second-order valence-electron chi connectivity index (χ2n) is 3.59. The molecule has 0 aromatic heterocycles. The van der Waals surface area contributed by atoms with Crippen LogP contribution >= 0.6 is 0 Å². The third-order valence-electron chi connectivity index (χ3n) is 2.78. The first-order chi connectivity index (χ1) is 5.18.